The number of halogens is 1. The van der Waals surface area contributed by atoms with Gasteiger partial charge in [0.2, 0.25) is 5.91 Å². The second-order valence-electron chi connectivity index (χ2n) is 6.16. The Hall–Kier alpha value is -2.73. The van der Waals surface area contributed by atoms with E-state index in [-0.39, 0.29) is 27.5 Å². The highest BCUT2D eigenvalue weighted by atomic mass is 35.5. The van der Waals surface area contributed by atoms with Gasteiger partial charge in [-0.05, 0) is 48.5 Å². The van der Waals surface area contributed by atoms with Crippen molar-refractivity contribution in [3.8, 4) is 0 Å². The molecule has 0 aliphatic rings. The van der Waals surface area contributed by atoms with Gasteiger partial charge < -0.3 is 5.32 Å². The minimum atomic E-state index is -3.85. The Balaban J connectivity index is 1.35. The Labute approximate surface area is 191 Å². The molecule has 8 nitrogen and oxygen atoms in total. The number of aromatic nitrogens is 3. The average molecular weight is 492 g/mol. The molecule has 2 aromatic heterocycles. The van der Waals surface area contributed by atoms with E-state index in [0.717, 1.165) is 14.6 Å². The average Bonchev–Trinajstić information content (AvgIpc) is 3.17. The first kappa shape index (κ1) is 21.5. The molecular formula is C19H14ClN5O3S3. The van der Waals surface area contributed by atoms with Gasteiger partial charge in [0.05, 0.1) is 20.9 Å². The molecule has 0 saturated heterocycles. The molecule has 31 heavy (non-hydrogen) atoms. The molecule has 0 bridgehead atoms. The highest BCUT2D eigenvalue weighted by molar-refractivity contribution is 8.01. The van der Waals surface area contributed by atoms with Gasteiger partial charge in [-0.2, -0.15) is 0 Å². The molecule has 2 aromatic carbocycles. The van der Waals surface area contributed by atoms with Gasteiger partial charge in [-0.25, -0.2) is 13.4 Å². The van der Waals surface area contributed by atoms with E-state index in [1.54, 1.807) is 0 Å². The fourth-order valence-corrected chi connectivity index (χ4v) is 5.49. The maximum absolute atomic E-state index is 12.4. The summed E-state index contributed by atoms with van der Waals surface area (Å²) in [6.45, 7) is 0. The molecule has 4 aromatic rings. The quantitative estimate of drug-likeness (QED) is 0.371. The lowest BCUT2D eigenvalue weighted by molar-refractivity contribution is -0.113. The highest BCUT2D eigenvalue weighted by Gasteiger charge is 2.15. The number of para-hydroxylation sites is 1. The molecule has 0 unspecified atom stereocenters. The van der Waals surface area contributed by atoms with Crippen molar-refractivity contribution in [2.45, 2.75) is 9.24 Å². The van der Waals surface area contributed by atoms with Gasteiger partial charge in [0, 0.05) is 5.69 Å². The topological polar surface area (TPSA) is 114 Å². The molecule has 2 heterocycles. The maximum atomic E-state index is 12.4. The molecule has 0 saturated carbocycles. The van der Waals surface area contributed by atoms with E-state index in [1.807, 2.05) is 24.3 Å². The summed E-state index contributed by atoms with van der Waals surface area (Å²) < 4.78 is 29.1. The van der Waals surface area contributed by atoms with Crippen molar-refractivity contribution in [3.05, 3.63) is 65.8 Å². The summed E-state index contributed by atoms with van der Waals surface area (Å²) in [4.78, 5) is 16.7. The van der Waals surface area contributed by atoms with Crippen LogP contribution in [-0.4, -0.2) is 35.3 Å². The lowest BCUT2D eigenvalue weighted by atomic mass is 10.3. The smallest absolute Gasteiger partial charge is 0.263 e. The van der Waals surface area contributed by atoms with E-state index in [1.165, 1.54) is 59.5 Å². The monoisotopic (exact) mass is 491 g/mol. The largest absolute Gasteiger partial charge is 0.325 e. The summed E-state index contributed by atoms with van der Waals surface area (Å²) in [5.41, 5.74) is 1.39. The second-order valence-corrected chi connectivity index (χ2v) is 10.5. The zero-order valence-corrected chi connectivity index (χ0v) is 18.9. The summed E-state index contributed by atoms with van der Waals surface area (Å²) >= 11 is 8.53. The molecule has 0 spiro atoms. The van der Waals surface area contributed by atoms with E-state index < -0.39 is 10.0 Å². The first-order valence-electron chi connectivity index (χ1n) is 8.79. The fraction of sp³-hybridized carbons (Fsp3) is 0.0526. The van der Waals surface area contributed by atoms with Gasteiger partial charge in [0.1, 0.15) is 0 Å². The highest BCUT2D eigenvalue weighted by Crippen LogP contribution is 2.29. The van der Waals surface area contributed by atoms with Crippen LogP contribution < -0.4 is 10.0 Å². The standard InChI is InChI=1S/C19H14ClN5O3S3/c20-16-9-10-17(24-23-16)25-31(27,28)13-7-5-12(6-8-13)21-18(26)11-29-19-22-14-3-1-2-4-15(14)30-19/h1-10H,11H2,(H,21,26)(H,24,25). The Morgan fingerprint density at radius 1 is 1.03 bits per heavy atom. The van der Waals surface area contributed by atoms with E-state index >= 15 is 0 Å². The Morgan fingerprint density at radius 2 is 1.81 bits per heavy atom. The van der Waals surface area contributed by atoms with Crippen LogP contribution in [0.25, 0.3) is 10.2 Å². The molecule has 12 heteroatoms. The predicted octanol–water partition coefficient (Wildman–Crippen LogP) is 4.27. The maximum Gasteiger partial charge on any atom is 0.263 e. The van der Waals surface area contributed by atoms with Gasteiger partial charge in [0.15, 0.2) is 15.3 Å². The van der Waals surface area contributed by atoms with Crippen molar-refractivity contribution >= 4 is 72.4 Å². The molecule has 158 valence electrons. The molecule has 0 fully saturated rings. The van der Waals surface area contributed by atoms with Crippen molar-refractivity contribution in [1.29, 1.82) is 0 Å². The summed E-state index contributed by atoms with van der Waals surface area (Å²) in [5.74, 6) is 0.0273. The molecule has 0 atom stereocenters. The molecule has 0 aliphatic heterocycles. The minimum Gasteiger partial charge on any atom is -0.325 e. The van der Waals surface area contributed by atoms with Crippen molar-refractivity contribution < 1.29 is 13.2 Å². The number of hydrogen-bond donors (Lipinski definition) is 2. The van der Waals surface area contributed by atoms with E-state index in [4.69, 9.17) is 11.6 Å². The van der Waals surface area contributed by atoms with Crippen molar-refractivity contribution in [3.63, 3.8) is 0 Å². The number of thioether (sulfide) groups is 1. The Bertz CT molecular complexity index is 1290. The van der Waals surface area contributed by atoms with Crippen molar-refractivity contribution in [1.82, 2.24) is 15.2 Å². The molecule has 4 rings (SSSR count). The number of fused-ring (bicyclic) bond motifs is 1. The summed E-state index contributed by atoms with van der Waals surface area (Å²) in [6.07, 6.45) is 0. The molecule has 1 amide bonds. The number of thiazole rings is 1. The van der Waals surface area contributed by atoms with Crippen molar-refractivity contribution in [2.75, 3.05) is 15.8 Å². The van der Waals surface area contributed by atoms with E-state index in [0.29, 0.717) is 5.69 Å². The Morgan fingerprint density at radius 3 is 2.52 bits per heavy atom. The Kier molecular flexibility index (Phi) is 6.37. The van der Waals surface area contributed by atoms with Crippen LogP contribution >= 0.6 is 34.7 Å². The summed E-state index contributed by atoms with van der Waals surface area (Å²) in [7, 11) is -3.85. The number of carbonyl (C=O) groups excluding carboxylic acids is 1. The van der Waals surface area contributed by atoms with E-state index in [2.05, 4.69) is 25.2 Å². The number of hydrogen-bond acceptors (Lipinski definition) is 8. The molecule has 2 N–H and O–H groups in total. The minimum absolute atomic E-state index is 0.0195. The summed E-state index contributed by atoms with van der Waals surface area (Å²) in [5, 5.41) is 10.2. The van der Waals surface area contributed by atoms with Gasteiger partial charge in [-0.3, -0.25) is 9.52 Å². The van der Waals surface area contributed by atoms with Gasteiger partial charge >= 0.3 is 0 Å². The second kappa shape index (κ2) is 9.18. The normalized spacial score (nSPS) is 11.4. The number of nitrogens with one attached hydrogen (secondary N) is 2. The van der Waals surface area contributed by atoms with Crippen LogP contribution in [0.3, 0.4) is 0 Å². The number of benzene rings is 2. The number of carbonyl (C=O) groups is 1. The number of anilines is 2. The van der Waals surface area contributed by atoms with Crippen LogP contribution in [0.5, 0.6) is 0 Å². The van der Waals surface area contributed by atoms with E-state index in [9.17, 15) is 13.2 Å². The number of amides is 1. The van der Waals surface area contributed by atoms with Crippen LogP contribution in [-0.2, 0) is 14.8 Å². The SMILES string of the molecule is O=C(CSc1nc2ccccc2s1)Nc1ccc(S(=O)(=O)Nc2ccc(Cl)nn2)cc1. The van der Waals surface area contributed by atoms with Gasteiger partial charge in [0.25, 0.3) is 10.0 Å². The zero-order valence-electron chi connectivity index (χ0n) is 15.6. The third-order valence-corrected chi connectivity index (χ3v) is 7.67. The van der Waals surface area contributed by atoms with Crippen LogP contribution in [0.1, 0.15) is 0 Å². The molecular weight excluding hydrogens is 478 g/mol. The third kappa shape index (κ3) is 5.50. The lowest BCUT2D eigenvalue weighted by Crippen LogP contribution is -2.15. The van der Waals surface area contributed by atoms with Crippen LogP contribution in [0.4, 0.5) is 11.5 Å². The molecule has 0 radical (unpaired) electrons. The zero-order chi connectivity index (χ0) is 21.8. The number of nitrogens with zero attached hydrogens (tertiary/aromatic N) is 3. The number of sulfonamides is 1. The van der Waals surface area contributed by atoms with Gasteiger partial charge in [-0.15, -0.1) is 21.5 Å². The predicted molar refractivity (Wildman–Crippen MR) is 123 cm³/mol. The molecule has 0 aliphatic carbocycles. The van der Waals surface area contributed by atoms with Crippen LogP contribution in [0.15, 0.2) is 69.9 Å². The lowest BCUT2D eigenvalue weighted by Gasteiger charge is -2.08. The summed E-state index contributed by atoms with van der Waals surface area (Å²) in [6, 6.07) is 16.4. The first-order valence-corrected chi connectivity index (χ1v) is 12.5. The fourth-order valence-electron chi connectivity index (χ4n) is 2.52. The van der Waals surface area contributed by atoms with Crippen molar-refractivity contribution in [2.24, 2.45) is 0 Å². The first-order chi connectivity index (χ1) is 14.9. The van der Waals surface area contributed by atoms with Gasteiger partial charge in [-0.1, -0.05) is 35.5 Å². The third-order valence-electron chi connectivity index (χ3n) is 3.92. The van der Waals surface area contributed by atoms with Crippen LogP contribution in [0.2, 0.25) is 5.15 Å². The number of rotatable bonds is 7. The van der Waals surface area contributed by atoms with Crippen LogP contribution in [0, 0.1) is 0 Å².